The van der Waals surface area contributed by atoms with Crippen LogP contribution in [0.3, 0.4) is 0 Å². The Morgan fingerprint density at radius 3 is 3.21 bits per heavy atom. The predicted molar refractivity (Wildman–Crippen MR) is 52.7 cm³/mol. The predicted octanol–water partition coefficient (Wildman–Crippen LogP) is -0.445. The van der Waals surface area contributed by atoms with Crippen molar-refractivity contribution in [2.75, 3.05) is 18.5 Å². The van der Waals surface area contributed by atoms with Crippen molar-refractivity contribution in [2.45, 2.75) is 0 Å². The lowest BCUT2D eigenvalue weighted by Gasteiger charge is -1.94. The summed E-state index contributed by atoms with van der Waals surface area (Å²) in [4.78, 5) is 15.8. The molecule has 0 radical (unpaired) electrons. The molecule has 0 atom stereocenters. The van der Waals surface area contributed by atoms with Crippen molar-refractivity contribution >= 4 is 21.4 Å². The number of hydrogen-bond donors (Lipinski definition) is 2. The minimum absolute atomic E-state index is 0.0260. The van der Waals surface area contributed by atoms with E-state index in [-0.39, 0.29) is 12.2 Å². The Bertz CT molecular complexity index is 492. The third kappa shape index (κ3) is 1.59. The van der Waals surface area contributed by atoms with E-state index in [4.69, 9.17) is 5.11 Å². The molecule has 0 saturated heterocycles. The molecule has 74 valence electrons. The molecule has 2 aromatic heterocycles. The topological polar surface area (TPSA) is 79.5 Å². The molecule has 0 spiro atoms. The van der Waals surface area contributed by atoms with E-state index in [1.54, 1.807) is 0 Å². The van der Waals surface area contributed by atoms with Gasteiger partial charge in [0.25, 0.3) is 5.56 Å². The fourth-order valence-corrected chi connectivity index (χ4v) is 1.78. The molecule has 0 aromatic carbocycles. The number of nitrogens with one attached hydrogen (secondary N) is 1. The first-order valence-corrected chi connectivity index (χ1v) is 4.82. The number of fused-ring (bicyclic) bond motifs is 1. The fraction of sp³-hybridized carbons (Fsp3) is 0.286. The van der Waals surface area contributed by atoms with E-state index in [2.05, 4.69) is 15.4 Å². The van der Waals surface area contributed by atoms with Crippen molar-refractivity contribution < 1.29 is 5.11 Å². The maximum Gasteiger partial charge on any atom is 0.275 e. The molecule has 14 heavy (non-hydrogen) atoms. The average Bonchev–Trinajstić information content (AvgIpc) is 2.59. The molecule has 2 rings (SSSR count). The zero-order valence-corrected chi connectivity index (χ0v) is 7.99. The summed E-state index contributed by atoms with van der Waals surface area (Å²) in [6, 6.07) is 1.35. The van der Waals surface area contributed by atoms with Gasteiger partial charge < -0.3 is 10.4 Å². The van der Waals surface area contributed by atoms with Gasteiger partial charge in [-0.05, 0) is 0 Å². The van der Waals surface area contributed by atoms with E-state index in [1.165, 1.54) is 28.1 Å². The van der Waals surface area contributed by atoms with E-state index in [9.17, 15) is 4.79 Å². The van der Waals surface area contributed by atoms with Crippen molar-refractivity contribution in [3.63, 3.8) is 0 Å². The van der Waals surface area contributed by atoms with Gasteiger partial charge in [0.05, 0.1) is 6.61 Å². The lowest BCUT2D eigenvalue weighted by molar-refractivity contribution is 0.311. The van der Waals surface area contributed by atoms with E-state index in [0.29, 0.717) is 16.6 Å². The fourth-order valence-electron chi connectivity index (χ4n) is 0.978. The van der Waals surface area contributed by atoms with E-state index >= 15 is 0 Å². The first-order chi connectivity index (χ1) is 6.81. The summed E-state index contributed by atoms with van der Waals surface area (Å²) in [7, 11) is 0. The standard InChI is InChI=1S/C7H8N4O2S/c12-4-3-8-6-10-11-5(13)1-2-9-7(11)14-6/h1-2,12H,3-4H2,(H,8,10). The van der Waals surface area contributed by atoms with E-state index in [1.807, 2.05) is 0 Å². The van der Waals surface area contributed by atoms with Gasteiger partial charge in [0, 0.05) is 18.8 Å². The number of aliphatic hydroxyl groups is 1. The highest BCUT2D eigenvalue weighted by atomic mass is 32.1. The number of nitrogens with zero attached hydrogens (tertiary/aromatic N) is 3. The van der Waals surface area contributed by atoms with Crippen LogP contribution >= 0.6 is 11.3 Å². The summed E-state index contributed by atoms with van der Waals surface area (Å²) in [5, 5.41) is 16.0. The zero-order valence-electron chi connectivity index (χ0n) is 7.17. The molecule has 0 aliphatic carbocycles. The van der Waals surface area contributed by atoms with Gasteiger partial charge in [-0.1, -0.05) is 11.3 Å². The van der Waals surface area contributed by atoms with Crippen LogP contribution in [0.2, 0.25) is 0 Å². The summed E-state index contributed by atoms with van der Waals surface area (Å²) in [5.74, 6) is 0. The summed E-state index contributed by atoms with van der Waals surface area (Å²) < 4.78 is 1.23. The maximum atomic E-state index is 11.3. The van der Waals surface area contributed by atoms with Gasteiger partial charge in [-0.2, -0.15) is 4.52 Å². The molecule has 0 bridgehead atoms. The van der Waals surface area contributed by atoms with Crippen LogP contribution < -0.4 is 10.9 Å². The molecular formula is C7H8N4O2S. The molecule has 2 aromatic rings. The smallest absolute Gasteiger partial charge is 0.275 e. The molecule has 0 amide bonds. The molecule has 0 aliphatic rings. The normalized spacial score (nSPS) is 10.6. The van der Waals surface area contributed by atoms with Crippen LogP contribution in [0.25, 0.3) is 4.96 Å². The number of hydrogen-bond acceptors (Lipinski definition) is 6. The first-order valence-electron chi connectivity index (χ1n) is 4.01. The highest BCUT2D eigenvalue weighted by Crippen LogP contribution is 2.14. The largest absolute Gasteiger partial charge is 0.395 e. The third-order valence-corrected chi connectivity index (χ3v) is 2.44. The van der Waals surface area contributed by atoms with Crippen LogP contribution in [0.1, 0.15) is 0 Å². The third-order valence-electron chi connectivity index (χ3n) is 1.56. The van der Waals surface area contributed by atoms with E-state index in [0.717, 1.165) is 0 Å². The van der Waals surface area contributed by atoms with Crippen molar-refractivity contribution in [2.24, 2.45) is 0 Å². The molecule has 7 heteroatoms. The molecule has 6 nitrogen and oxygen atoms in total. The van der Waals surface area contributed by atoms with Gasteiger partial charge in [0.1, 0.15) is 0 Å². The highest BCUT2D eigenvalue weighted by molar-refractivity contribution is 7.20. The summed E-state index contributed by atoms with van der Waals surface area (Å²) in [5.41, 5.74) is -0.205. The molecule has 2 N–H and O–H groups in total. The Kier molecular flexibility index (Phi) is 2.42. The number of anilines is 1. The number of aliphatic hydroxyl groups excluding tert-OH is 1. The van der Waals surface area contributed by atoms with E-state index < -0.39 is 0 Å². The second-order valence-electron chi connectivity index (χ2n) is 2.54. The molecule has 2 heterocycles. The van der Waals surface area contributed by atoms with Gasteiger partial charge in [0.15, 0.2) is 0 Å². The number of aromatic nitrogens is 3. The lowest BCUT2D eigenvalue weighted by atomic mass is 10.7. The summed E-state index contributed by atoms with van der Waals surface area (Å²) >= 11 is 1.27. The Morgan fingerprint density at radius 1 is 1.64 bits per heavy atom. The number of rotatable bonds is 3. The van der Waals surface area contributed by atoms with Crippen molar-refractivity contribution in [1.29, 1.82) is 0 Å². The maximum absolute atomic E-state index is 11.3. The Morgan fingerprint density at radius 2 is 2.50 bits per heavy atom. The SMILES string of the molecule is O=c1ccnc2sc(NCCO)nn12. The monoisotopic (exact) mass is 212 g/mol. The van der Waals surface area contributed by atoms with Crippen LogP contribution in [-0.2, 0) is 0 Å². The van der Waals surface area contributed by atoms with Gasteiger partial charge in [-0.25, -0.2) is 4.98 Å². The van der Waals surface area contributed by atoms with Gasteiger partial charge >= 0.3 is 0 Å². The summed E-state index contributed by atoms with van der Waals surface area (Å²) in [6.45, 7) is 0.437. The van der Waals surface area contributed by atoms with Crippen LogP contribution in [-0.4, -0.2) is 32.9 Å². The van der Waals surface area contributed by atoms with Crippen LogP contribution in [0.5, 0.6) is 0 Å². The second-order valence-corrected chi connectivity index (χ2v) is 3.49. The van der Waals surface area contributed by atoms with Crippen LogP contribution in [0.15, 0.2) is 17.1 Å². The average molecular weight is 212 g/mol. The molecule has 0 fully saturated rings. The van der Waals surface area contributed by atoms with Crippen LogP contribution in [0, 0.1) is 0 Å². The molecule has 0 saturated carbocycles. The van der Waals surface area contributed by atoms with Gasteiger partial charge in [-0.15, -0.1) is 5.10 Å². The zero-order chi connectivity index (χ0) is 9.97. The Labute approximate surface area is 82.8 Å². The molecule has 0 unspecified atom stereocenters. The second kappa shape index (κ2) is 3.72. The first kappa shape index (κ1) is 9.10. The minimum atomic E-state index is -0.205. The van der Waals surface area contributed by atoms with Gasteiger partial charge in [-0.3, -0.25) is 4.79 Å². The van der Waals surface area contributed by atoms with Crippen molar-refractivity contribution in [3.05, 3.63) is 22.6 Å². The van der Waals surface area contributed by atoms with Gasteiger partial charge in [0.2, 0.25) is 10.1 Å². The highest BCUT2D eigenvalue weighted by Gasteiger charge is 2.04. The summed E-state index contributed by atoms with van der Waals surface area (Å²) in [6.07, 6.45) is 1.45. The molecular weight excluding hydrogens is 204 g/mol. The quantitative estimate of drug-likeness (QED) is 0.720. The minimum Gasteiger partial charge on any atom is -0.395 e. The van der Waals surface area contributed by atoms with Crippen LogP contribution in [0.4, 0.5) is 5.13 Å². The van der Waals surface area contributed by atoms with Crippen molar-refractivity contribution in [1.82, 2.24) is 14.6 Å². The Hall–Kier alpha value is -1.47. The van der Waals surface area contributed by atoms with Crippen molar-refractivity contribution in [3.8, 4) is 0 Å². The Balaban J connectivity index is 2.41. The molecule has 0 aliphatic heterocycles. The lowest BCUT2D eigenvalue weighted by Crippen LogP contribution is -2.13.